The molecule has 0 atom stereocenters. The number of benzene rings is 1. The van der Waals surface area contributed by atoms with Crippen LogP contribution in [0.3, 0.4) is 0 Å². The quantitative estimate of drug-likeness (QED) is 0.661. The summed E-state index contributed by atoms with van der Waals surface area (Å²) in [7, 11) is 0. The predicted molar refractivity (Wildman–Crippen MR) is 57.7 cm³/mol. The third-order valence-electron chi connectivity index (χ3n) is 2.05. The molecule has 0 spiro atoms. The molecule has 0 amide bonds. The Hall–Kier alpha value is -0.770. The topological polar surface area (TPSA) is 49.3 Å². The Kier molecular flexibility index (Phi) is 3.75. The van der Waals surface area contributed by atoms with Crippen molar-refractivity contribution < 1.29 is 9.90 Å². The zero-order valence-electron chi connectivity index (χ0n) is 6.95. The van der Waals surface area contributed by atoms with Crippen molar-refractivity contribution in [1.82, 2.24) is 0 Å². The van der Waals surface area contributed by atoms with Crippen LogP contribution >= 0.6 is 0 Å². The molecule has 3 nitrogen and oxygen atoms in total. The van der Waals surface area contributed by atoms with Crippen molar-refractivity contribution in [3.8, 4) is 0 Å². The summed E-state index contributed by atoms with van der Waals surface area (Å²) < 4.78 is 0. The average molecular weight is 199 g/mol. The van der Waals surface area contributed by atoms with E-state index in [0.29, 0.717) is 12.1 Å². The summed E-state index contributed by atoms with van der Waals surface area (Å²) in [4.78, 5) is 10.8. The van der Waals surface area contributed by atoms with Gasteiger partial charge in [-0.1, -0.05) is 24.3 Å². The van der Waals surface area contributed by atoms with E-state index < -0.39 is 5.97 Å². The van der Waals surface area contributed by atoms with Gasteiger partial charge in [0, 0.05) is 17.8 Å². The van der Waals surface area contributed by atoms with Gasteiger partial charge in [0.05, 0.1) is 5.57 Å². The molecule has 1 aromatic rings. The number of anilines is 1. The maximum atomic E-state index is 10.8. The van der Waals surface area contributed by atoms with Gasteiger partial charge in [0.1, 0.15) is 0 Å². The molecule has 0 fully saturated rings. The first-order chi connectivity index (χ1) is 6.29. The second-order valence-electron chi connectivity index (χ2n) is 2.85. The van der Waals surface area contributed by atoms with E-state index in [2.05, 4.69) is 5.32 Å². The van der Waals surface area contributed by atoms with Crippen LogP contribution in [0.25, 0.3) is 5.57 Å². The van der Waals surface area contributed by atoms with E-state index in [0.717, 1.165) is 11.3 Å². The second-order valence-corrected chi connectivity index (χ2v) is 2.85. The molecule has 68 valence electrons. The second kappa shape index (κ2) is 4.64. The fourth-order valence-corrected chi connectivity index (χ4v) is 1.45. The summed E-state index contributed by atoms with van der Waals surface area (Å²) in [6.45, 7) is 0.582. The number of carboxylic acid groups (broad SMARTS) is 1. The summed E-state index contributed by atoms with van der Waals surface area (Å²) in [6, 6.07) is 7.41. The predicted octanol–water partition coefficient (Wildman–Crippen LogP) is 0.932. The molecule has 4 heteroatoms. The Morgan fingerprint density at radius 3 is 2.79 bits per heavy atom. The van der Waals surface area contributed by atoms with Crippen molar-refractivity contribution in [3.63, 3.8) is 0 Å². The number of aliphatic carboxylic acids is 1. The monoisotopic (exact) mass is 199 g/mol. The maximum absolute atomic E-state index is 10.8. The zero-order valence-corrected chi connectivity index (χ0v) is 6.95. The van der Waals surface area contributed by atoms with Crippen molar-refractivity contribution >= 4 is 46.8 Å². The van der Waals surface area contributed by atoms with E-state index >= 15 is 0 Å². The van der Waals surface area contributed by atoms with Crippen molar-refractivity contribution in [2.75, 3.05) is 11.9 Å². The summed E-state index contributed by atoms with van der Waals surface area (Å²) in [5.41, 5.74) is 2.04. The van der Waals surface area contributed by atoms with Crippen LogP contribution in [0, 0.1) is 0 Å². The number of rotatable bonds is 1. The summed E-state index contributed by atoms with van der Waals surface area (Å²) in [5.74, 6) is -0.867. The van der Waals surface area contributed by atoms with Crippen LogP contribution < -0.4 is 5.32 Å². The normalized spacial score (nSPS) is 13.0. The van der Waals surface area contributed by atoms with Crippen molar-refractivity contribution in [2.45, 2.75) is 0 Å². The molecular weight excluding hydrogens is 189 g/mol. The first-order valence-corrected chi connectivity index (χ1v) is 4.06. The Morgan fingerprint density at radius 1 is 1.36 bits per heavy atom. The van der Waals surface area contributed by atoms with Gasteiger partial charge in [0.2, 0.25) is 0 Å². The van der Waals surface area contributed by atoms with Gasteiger partial charge < -0.3 is 10.4 Å². The fraction of sp³-hybridized carbons (Fsp3) is 0.100. The standard InChI is InChI=1S/C10H9NO2.Na.H/c12-10(13)8-5-6-11-9-4-2-1-3-7(8)9;;/h1-5,11H,6H2,(H,12,13);;. The summed E-state index contributed by atoms with van der Waals surface area (Å²) in [6.07, 6.45) is 1.69. The fourth-order valence-electron chi connectivity index (χ4n) is 1.45. The van der Waals surface area contributed by atoms with Crippen LogP contribution in [0.1, 0.15) is 5.56 Å². The number of hydrogen-bond donors (Lipinski definition) is 2. The molecule has 1 aliphatic heterocycles. The van der Waals surface area contributed by atoms with Gasteiger partial charge in [-0.25, -0.2) is 4.79 Å². The molecule has 0 aliphatic carbocycles. The Labute approximate surface area is 104 Å². The number of nitrogens with one attached hydrogen (secondary N) is 1. The summed E-state index contributed by atoms with van der Waals surface area (Å²) in [5, 5.41) is 12.0. The number of hydrogen-bond acceptors (Lipinski definition) is 2. The molecule has 1 aliphatic rings. The minimum absolute atomic E-state index is 0. The van der Waals surface area contributed by atoms with E-state index in [1.165, 1.54) is 0 Å². The van der Waals surface area contributed by atoms with E-state index in [1.54, 1.807) is 12.1 Å². The molecule has 14 heavy (non-hydrogen) atoms. The van der Waals surface area contributed by atoms with E-state index in [1.807, 2.05) is 18.2 Å². The van der Waals surface area contributed by atoms with Crippen molar-refractivity contribution in [1.29, 1.82) is 0 Å². The van der Waals surface area contributed by atoms with Crippen LogP contribution in [0.2, 0.25) is 0 Å². The number of carbonyl (C=O) groups is 1. The number of carboxylic acids is 1. The van der Waals surface area contributed by atoms with E-state index in [-0.39, 0.29) is 29.6 Å². The molecule has 1 heterocycles. The molecule has 0 unspecified atom stereocenters. The Bertz CT molecular complexity index is 387. The molecule has 0 saturated carbocycles. The van der Waals surface area contributed by atoms with Crippen molar-refractivity contribution in [2.24, 2.45) is 0 Å². The van der Waals surface area contributed by atoms with Crippen LogP contribution in [-0.2, 0) is 4.79 Å². The van der Waals surface area contributed by atoms with Crippen LogP contribution in [0.4, 0.5) is 5.69 Å². The third-order valence-corrected chi connectivity index (χ3v) is 2.05. The molecular formula is C10H10NNaO2. The first kappa shape index (κ1) is 11.3. The van der Waals surface area contributed by atoms with Gasteiger partial charge in [-0.15, -0.1) is 0 Å². The molecule has 0 radical (unpaired) electrons. The molecule has 2 N–H and O–H groups in total. The molecule has 0 aromatic heterocycles. The van der Waals surface area contributed by atoms with E-state index in [4.69, 9.17) is 5.11 Å². The summed E-state index contributed by atoms with van der Waals surface area (Å²) >= 11 is 0. The minimum atomic E-state index is -0.867. The third kappa shape index (κ3) is 2.00. The van der Waals surface area contributed by atoms with Gasteiger partial charge in [0.25, 0.3) is 0 Å². The average Bonchev–Trinajstić information content (AvgIpc) is 2.17. The molecule has 1 aromatic carbocycles. The van der Waals surface area contributed by atoms with Gasteiger partial charge in [-0.3, -0.25) is 0 Å². The Balaban J connectivity index is 0.000000980. The van der Waals surface area contributed by atoms with Gasteiger partial charge in [-0.2, -0.15) is 0 Å². The SMILES string of the molecule is O=C(O)C1=CCNc2ccccc21.[NaH]. The van der Waals surface area contributed by atoms with E-state index in [9.17, 15) is 4.79 Å². The molecule has 0 saturated heterocycles. The molecule has 2 rings (SSSR count). The van der Waals surface area contributed by atoms with Crippen LogP contribution in [0.5, 0.6) is 0 Å². The Morgan fingerprint density at radius 2 is 2.07 bits per heavy atom. The number of fused-ring (bicyclic) bond motifs is 1. The van der Waals surface area contributed by atoms with Gasteiger partial charge in [0.15, 0.2) is 0 Å². The number of para-hydroxylation sites is 1. The zero-order chi connectivity index (χ0) is 9.26. The molecule has 0 bridgehead atoms. The van der Waals surface area contributed by atoms with Gasteiger partial charge in [-0.05, 0) is 6.07 Å². The van der Waals surface area contributed by atoms with Crippen LogP contribution in [-0.4, -0.2) is 47.2 Å². The van der Waals surface area contributed by atoms with Crippen molar-refractivity contribution in [3.05, 3.63) is 35.9 Å². The van der Waals surface area contributed by atoms with Crippen LogP contribution in [0.15, 0.2) is 30.3 Å². The van der Waals surface area contributed by atoms with Gasteiger partial charge >= 0.3 is 35.5 Å². The first-order valence-electron chi connectivity index (χ1n) is 4.06.